The topological polar surface area (TPSA) is 110 Å². The number of rotatable bonds is 5. The highest BCUT2D eigenvalue weighted by molar-refractivity contribution is 6.05. The van der Waals surface area contributed by atoms with Gasteiger partial charge in [0.15, 0.2) is 0 Å². The van der Waals surface area contributed by atoms with Crippen molar-refractivity contribution in [3.05, 3.63) is 76.1 Å². The van der Waals surface area contributed by atoms with Gasteiger partial charge in [0, 0.05) is 5.69 Å². The van der Waals surface area contributed by atoms with Gasteiger partial charge in [0.1, 0.15) is 17.2 Å². The molecular weight excluding hydrogens is 324 g/mol. The number of para-hydroxylation sites is 1. The van der Waals surface area contributed by atoms with E-state index in [1.54, 1.807) is 24.3 Å². The van der Waals surface area contributed by atoms with E-state index in [4.69, 9.17) is 4.74 Å². The zero-order valence-corrected chi connectivity index (χ0v) is 13.2. The molecule has 1 aromatic heterocycles. The van der Waals surface area contributed by atoms with Crippen LogP contribution in [0.2, 0.25) is 0 Å². The minimum atomic E-state index is -0.659. The van der Waals surface area contributed by atoms with Crippen molar-refractivity contribution in [1.29, 1.82) is 0 Å². The van der Waals surface area contributed by atoms with Crippen molar-refractivity contribution in [3.63, 3.8) is 0 Å². The van der Waals surface area contributed by atoms with E-state index in [1.807, 2.05) is 30.3 Å². The van der Waals surface area contributed by atoms with Crippen molar-refractivity contribution in [2.24, 2.45) is 0 Å². The normalized spacial score (nSPS) is 10.3. The number of H-pyrrole nitrogens is 1. The molecule has 2 N–H and O–H groups in total. The van der Waals surface area contributed by atoms with Crippen molar-refractivity contribution in [2.45, 2.75) is 6.92 Å². The van der Waals surface area contributed by atoms with Crippen LogP contribution >= 0.6 is 0 Å². The SMILES string of the molecule is Cc1[nH]nc(C(=O)Nc2ccc(Oc3ccccc3)cc2)c1[N+](=O)[O-]. The van der Waals surface area contributed by atoms with Gasteiger partial charge in [-0.05, 0) is 43.3 Å². The predicted octanol–water partition coefficient (Wildman–Crippen LogP) is 3.67. The van der Waals surface area contributed by atoms with E-state index in [0.29, 0.717) is 17.2 Å². The van der Waals surface area contributed by atoms with Crippen LogP contribution in [0.5, 0.6) is 11.5 Å². The van der Waals surface area contributed by atoms with E-state index in [2.05, 4.69) is 15.5 Å². The van der Waals surface area contributed by atoms with Crippen molar-refractivity contribution in [2.75, 3.05) is 5.32 Å². The molecular formula is C17H14N4O4. The maximum atomic E-state index is 12.2. The molecule has 0 aliphatic rings. The van der Waals surface area contributed by atoms with Gasteiger partial charge in [-0.1, -0.05) is 18.2 Å². The minimum Gasteiger partial charge on any atom is -0.457 e. The van der Waals surface area contributed by atoms with Crippen LogP contribution in [0.25, 0.3) is 0 Å². The van der Waals surface area contributed by atoms with Gasteiger partial charge in [-0.3, -0.25) is 20.0 Å². The Kier molecular flexibility index (Phi) is 4.42. The summed E-state index contributed by atoms with van der Waals surface area (Å²) in [6, 6.07) is 15.9. The third kappa shape index (κ3) is 3.63. The lowest BCUT2D eigenvalue weighted by Crippen LogP contribution is -2.14. The number of aromatic nitrogens is 2. The minimum absolute atomic E-state index is 0.224. The van der Waals surface area contributed by atoms with Gasteiger partial charge >= 0.3 is 5.69 Å². The Bertz CT molecular complexity index is 904. The molecule has 2 aromatic carbocycles. The molecule has 0 spiro atoms. The fraction of sp³-hybridized carbons (Fsp3) is 0.0588. The second-order valence-corrected chi connectivity index (χ2v) is 5.20. The predicted molar refractivity (Wildman–Crippen MR) is 90.9 cm³/mol. The van der Waals surface area contributed by atoms with Gasteiger partial charge in [0.05, 0.1) is 4.92 Å². The van der Waals surface area contributed by atoms with Crippen LogP contribution in [0.15, 0.2) is 54.6 Å². The second kappa shape index (κ2) is 6.83. The lowest BCUT2D eigenvalue weighted by atomic mass is 10.2. The zero-order chi connectivity index (χ0) is 17.8. The van der Waals surface area contributed by atoms with Gasteiger partial charge < -0.3 is 10.1 Å². The number of amides is 1. The number of aromatic amines is 1. The molecule has 3 rings (SSSR count). The second-order valence-electron chi connectivity index (χ2n) is 5.20. The first-order valence-corrected chi connectivity index (χ1v) is 7.38. The molecule has 25 heavy (non-hydrogen) atoms. The number of anilines is 1. The number of nitrogens with one attached hydrogen (secondary N) is 2. The molecule has 0 unspecified atom stereocenters. The molecule has 0 saturated carbocycles. The smallest absolute Gasteiger partial charge is 0.322 e. The Morgan fingerprint density at radius 3 is 2.40 bits per heavy atom. The van der Waals surface area contributed by atoms with Crippen LogP contribution < -0.4 is 10.1 Å². The van der Waals surface area contributed by atoms with Crippen molar-refractivity contribution in [3.8, 4) is 11.5 Å². The Labute approximate surface area is 142 Å². The third-order valence-corrected chi connectivity index (χ3v) is 3.40. The first-order valence-electron chi connectivity index (χ1n) is 7.38. The lowest BCUT2D eigenvalue weighted by Gasteiger charge is -2.07. The molecule has 3 aromatic rings. The highest BCUT2D eigenvalue weighted by Gasteiger charge is 2.27. The molecule has 0 saturated heterocycles. The summed E-state index contributed by atoms with van der Waals surface area (Å²) in [6.07, 6.45) is 0. The quantitative estimate of drug-likeness (QED) is 0.545. The molecule has 1 heterocycles. The fourth-order valence-electron chi connectivity index (χ4n) is 2.23. The molecule has 8 nitrogen and oxygen atoms in total. The van der Waals surface area contributed by atoms with Crippen molar-refractivity contribution in [1.82, 2.24) is 10.2 Å². The molecule has 0 bridgehead atoms. The number of nitrogens with zero attached hydrogens (tertiary/aromatic N) is 2. The van der Waals surface area contributed by atoms with Gasteiger partial charge in [0.2, 0.25) is 5.69 Å². The molecule has 0 atom stereocenters. The van der Waals surface area contributed by atoms with Gasteiger partial charge in [-0.2, -0.15) is 5.10 Å². The Morgan fingerprint density at radius 1 is 1.12 bits per heavy atom. The Hall–Kier alpha value is -3.68. The van der Waals surface area contributed by atoms with E-state index < -0.39 is 10.8 Å². The lowest BCUT2D eigenvalue weighted by molar-refractivity contribution is -0.385. The Morgan fingerprint density at radius 2 is 1.76 bits per heavy atom. The fourth-order valence-corrected chi connectivity index (χ4v) is 2.23. The Balaban J connectivity index is 1.71. The molecule has 1 amide bonds. The summed E-state index contributed by atoms with van der Waals surface area (Å²) < 4.78 is 5.66. The van der Waals surface area contributed by atoms with E-state index in [-0.39, 0.29) is 17.1 Å². The van der Waals surface area contributed by atoms with Crippen LogP contribution in [0, 0.1) is 17.0 Å². The van der Waals surface area contributed by atoms with E-state index >= 15 is 0 Å². The summed E-state index contributed by atoms with van der Waals surface area (Å²) in [6.45, 7) is 1.48. The molecule has 0 fully saturated rings. The summed E-state index contributed by atoms with van der Waals surface area (Å²) in [5.74, 6) is 0.639. The average molecular weight is 338 g/mol. The molecule has 0 radical (unpaired) electrons. The summed E-state index contributed by atoms with van der Waals surface area (Å²) in [4.78, 5) is 22.6. The summed E-state index contributed by atoms with van der Waals surface area (Å²) >= 11 is 0. The van der Waals surface area contributed by atoms with Gasteiger partial charge in [0.25, 0.3) is 5.91 Å². The summed E-state index contributed by atoms with van der Waals surface area (Å²) in [5.41, 5.74) is 0.107. The molecule has 126 valence electrons. The standard InChI is InChI=1S/C17H14N4O4/c1-11-16(21(23)24)15(20-19-11)17(22)18-12-7-9-14(10-8-12)25-13-5-3-2-4-6-13/h2-10H,1H3,(H,18,22)(H,19,20). The number of carbonyl (C=O) groups excluding carboxylic acids is 1. The first kappa shape index (κ1) is 16.2. The number of ether oxygens (including phenoxy) is 1. The number of hydrogen-bond donors (Lipinski definition) is 2. The van der Waals surface area contributed by atoms with Crippen LogP contribution in [0.1, 0.15) is 16.2 Å². The number of aryl methyl sites for hydroxylation is 1. The molecule has 0 aliphatic heterocycles. The summed E-state index contributed by atoms with van der Waals surface area (Å²) in [5, 5.41) is 19.8. The number of carbonyl (C=O) groups is 1. The van der Waals surface area contributed by atoms with E-state index in [0.717, 1.165) is 0 Å². The van der Waals surface area contributed by atoms with Crippen molar-refractivity contribution < 1.29 is 14.5 Å². The highest BCUT2D eigenvalue weighted by Crippen LogP contribution is 2.24. The maximum Gasteiger partial charge on any atom is 0.322 e. The van der Waals surface area contributed by atoms with Crippen LogP contribution in [0.3, 0.4) is 0 Å². The summed E-state index contributed by atoms with van der Waals surface area (Å²) in [7, 11) is 0. The number of nitro groups is 1. The molecule has 8 heteroatoms. The van der Waals surface area contributed by atoms with Crippen LogP contribution in [0.4, 0.5) is 11.4 Å². The number of hydrogen-bond acceptors (Lipinski definition) is 5. The average Bonchev–Trinajstić information content (AvgIpc) is 2.99. The maximum absolute atomic E-state index is 12.2. The number of benzene rings is 2. The zero-order valence-electron chi connectivity index (χ0n) is 13.2. The third-order valence-electron chi connectivity index (χ3n) is 3.40. The van der Waals surface area contributed by atoms with E-state index in [9.17, 15) is 14.9 Å². The van der Waals surface area contributed by atoms with Crippen LogP contribution in [-0.2, 0) is 0 Å². The van der Waals surface area contributed by atoms with Gasteiger partial charge in [-0.25, -0.2) is 0 Å². The van der Waals surface area contributed by atoms with E-state index in [1.165, 1.54) is 6.92 Å². The van der Waals surface area contributed by atoms with Crippen molar-refractivity contribution >= 4 is 17.3 Å². The molecule has 0 aliphatic carbocycles. The first-order chi connectivity index (χ1) is 12.0. The van der Waals surface area contributed by atoms with Gasteiger partial charge in [-0.15, -0.1) is 0 Å². The monoisotopic (exact) mass is 338 g/mol. The largest absolute Gasteiger partial charge is 0.457 e. The highest BCUT2D eigenvalue weighted by atomic mass is 16.6. The van der Waals surface area contributed by atoms with Crippen LogP contribution in [-0.4, -0.2) is 21.0 Å².